The lowest BCUT2D eigenvalue weighted by Gasteiger charge is -2.23. The molecule has 0 aliphatic carbocycles. The first-order valence-electron chi connectivity index (χ1n) is 5.98. The highest BCUT2D eigenvalue weighted by Gasteiger charge is 2.20. The van der Waals surface area contributed by atoms with Crippen LogP contribution in [-0.4, -0.2) is 39.5 Å². The number of carboxylic acids is 1. The van der Waals surface area contributed by atoms with Crippen molar-refractivity contribution in [3.63, 3.8) is 0 Å². The molecule has 96 valence electrons. The first kappa shape index (κ1) is 12.6. The minimum Gasteiger partial charge on any atom is -0.480 e. The molecule has 5 nitrogen and oxygen atoms in total. The van der Waals surface area contributed by atoms with Gasteiger partial charge in [0.05, 0.1) is 23.6 Å². The zero-order chi connectivity index (χ0) is 13.1. The number of para-hydroxylation sites is 2. The summed E-state index contributed by atoms with van der Waals surface area (Å²) in [5, 5.41) is 8.84. The highest BCUT2D eigenvalue weighted by atomic mass is 16.4. The van der Waals surface area contributed by atoms with Gasteiger partial charge in [0.25, 0.3) is 0 Å². The van der Waals surface area contributed by atoms with Crippen molar-refractivity contribution in [1.82, 2.24) is 14.9 Å². The van der Waals surface area contributed by atoms with Gasteiger partial charge in [0.1, 0.15) is 5.82 Å². The summed E-state index contributed by atoms with van der Waals surface area (Å²) in [6, 6.07) is 7.80. The topological polar surface area (TPSA) is 69.2 Å². The van der Waals surface area contributed by atoms with Crippen LogP contribution in [0.4, 0.5) is 0 Å². The van der Waals surface area contributed by atoms with Crippen molar-refractivity contribution in [3.05, 3.63) is 30.1 Å². The Kier molecular flexibility index (Phi) is 3.62. The van der Waals surface area contributed by atoms with Crippen LogP contribution in [0.2, 0.25) is 0 Å². The fraction of sp³-hybridized carbons (Fsp3) is 0.385. The number of carboxylic acid groups (broad SMARTS) is 1. The first-order chi connectivity index (χ1) is 8.61. The number of carbonyl (C=O) groups is 1. The largest absolute Gasteiger partial charge is 0.480 e. The Morgan fingerprint density at radius 2 is 2.22 bits per heavy atom. The third-order valence-electron chi connectivity index (χ3n) is 3.03. The predicted octanol–water partition coefficient (Wildman–Crippen LogP) is 2.03. The van der Waals surface area contributed by atoms with Gasteiger partial charge >= 0.3 is 5.97 Å². The van der Waals surface area contributed by atoms with Crippen LogP contribution >= 0.6 is 0 Å². The fourth-order valence-corrected chi connectivity index (χ4v) is 2.17. The van der Waals surface area contributed by atoms with Crippen molar-refractivity contribution in [2.24, 2.45) is 0 Å². The molecule has 1 aromatic heterocycles. The maximum absolute atomic E-state index is 10.8. The lowest BCUT2D eigenvalue weighted by atomic mass is 10.2. The smallest absolute Gasteiger partial charge is 0.317 e. The minimum atomic E-state index is -0.827. The molecule has 0 saturated heterocycles. The molecule has 0 aliphatic heterocycles. The molecule has 0 saturated carbocycles. The molecule has 1 heterocycles. The number of aromatic amines is 1. The maximum Gasteiger partial charge on any atom is 0.317 e. The van der Waals surface area contributed by atoms with Crippen molar-refractivity contribution in [3.8, 4) is 0 Å². The molecule has 2 aromatic rings. The molecular weight excluding hydrogens is 230 g/mol. The van der Waals surface area contributed by atoms with Crippen LogP contribution in [0.5, 0.6) is 0 Å². The second-order valence-electron chi connectivity index (χ2n) is 4.37. The second-order valence-corrected chi connectivity index (χ2v) is 4.37. The molecule has 18 heavy (non-hydrogen) atoms. The zero-order valence-corrected chi connectivity index (χ0v) is 10.6. The predicted molar refractivity (Wildman–Crippen MR) is 69.4 cm³/mol. The van der Waals surface area contributed by atoms with E-state index in [1.165, 1.54) is 0 Å². The molecule has 0 bridgehead atoms. The molecule has 0 aliphatic rings. The lowest BCUT2D eigenvalue weighted by molar-refractivity contribution is -0.138. The summed E-state index contributed by atoms with van der Waals surface area (Å²) >= 11 is 0. The monoisotopic (exact) mass is 247 g/mol. The van der Waals surface area contributed by atoms with E-state index in [0.717, 1.165) is 23.3 Å². The van der Waals surface area contributed by atoms with Gasteiger partial charge in [-0.05, 0) is 25.6 Å². The Morgan fingerprint density at radius 1 is 1.50 bits per heavy atom. The minimum absolute atomic E-state index is 0.00602. The Morgan fingerprint density at radius 3 is 2.83 bits per heavy atom. The molecule has 0 spiro atoms. The summed E-state index contributed by atoms with van der Waals surface area (Å²) in [6.45, 7) is 2.03. The molecule has 0 fully saturated rings. The van der Waals surface area contributed by atoms with Crippen LogP contribution in [0.3, 0.4) is 0 Å². The SMILES string of the molecule is CCC(c1nc2ccccc2[nH]1)N(C)CC(=O)O. The van der Waals surface area contributed by atoms with Crippen molar-refractivity contribution in [2.75, 3.05) is 13.6 Å². The third-order valence-corrected chi connectivity index (χ3v) is 3.03. The Balaban J connectivity index is 2.29. The molecular formula is C13H17N3O2. The van der Waals surface area contributed by atoms with Gasteiger partial charge in [0.2, 0.25) is 0 Å². The quantitative estimate of drug-likeness (QED) is 0.848. The molecule has 2 N–H and O–H groups in total. The molecule has 0 radical (unpaired) electrons. The van der Waals surface area contributed by atoms with E-state index in [-0.39, 0.29) is 12.6 Å². The number of nitrogens with one attached hydrogen (secondary N) is 1. The molecule has 1 unspecified atom stereocenters. The van der Waals surface area contributed by atoms with Gasteiger partial charge in [-0.25, -0.2) is 4.98 Å². The number of hydrogen-bond acceptors (Lipinski definition) is 3. The van der Waals surface area contributed by atoms with Crippen LogP contribution in [0.25, 0.3) is 11.0 Å². The average Bonchev–Trinajstić information content (AvgIpc) is 2.71. The standard InChI is InChI=1S/C13H17N3O2/c1-3-11(16(2)8-12(17)18)13-14-9-6-4-5-7-10(9)15-13/h4-7,11H,3,8H2,1-2H3,(H,14,15)(H,17,18). The maximum atomic E-state index is 10.8. The molecule has 2 rings (SSSR count). The number of hydrogen-bond donors (Lipinski definition) is 2. The Labute approximate surface area is 105 Å². The Hall–Kier alpha value is -1.88. The molecule has 1 atom stereocenters. The summed E-state index contributed by atoms with van der Waals surface area (Å²) in [6.07, 6.45) is 0.809. The van der Waals surface area contributed by atoms with Crippen LogP contribution < -0.4 is 0 Å². The van der Waals surface area contributed by atoms with E-state index in [1.807, 2.05) is 31.2 Å². The van der Waals surface area contributed by atoms with Gasteiger partial charge in [0, 0.05) is 0 Å². The second kappa shape index (κ2) is 5.18. The summed E-state index contributed by atoms with van der Waals surface area (Å²) in [4.78, 5) is 20.3. The zero-order valence-electron chi connectivity index (χ0n) is 10.6. The number of aromatic nitrogens is 2. The first-order valence-corrected chi connectivity index (χ1v) is 5.98. The average molecular weight is 247 g/mol. The van der Waals surface area contributed by atoms with E-state index in [9.17, 15) is 4.79 Å². The molecule has 5 heteroatoms. The fourth-order valence-electron chi connectivity index (χ4n) is 2.17. The number of H-pyrrole nitrogens is 1. The van der Waals surface area contributed by atoms with Crippen molar-refractivity contribution < 1.29 is 9.90 Å². The van der Waals surface area contributed by atoms with Crippen LogP contribution in [0.1, 0.15) is 25.2 Å². The number of imidazole rings is 1. The number of aliphatic carboxylic acids is 1. The van der Waals surface area contributed by atoms with E-state index in [1.54, 1.807) is 11.9 Å². The number of nitrogens with zero attached hydrogens (tertiary/aromatic N) is 2. The summed E-state index contributed by atoms with van der Waals surface area (Å²) in [7, 11) is 1.80. The normalized spacial score (nSPS) is 13.1. The van der Waals surface area contributed by atoms with Gasteiger partial charge in [-0.1, -0.05) is 19.1 Å². The summed E-state index contributed by atoms with van der Waals surface area (Å²) in [5.74, 6) is -0.00508. The number of likely N-dealkylation sites (N-methyl/N-ethyl adjacent to an activating group) is 1. The van der Waals surface area contributed by atoms with Crippen molar-refractivity contribution >= 4 is 17.0 Å². The van der Waals surface area contributed by atoms with Gasteiger partial charge in [-0.2, -0.15) is 0 Å². The van der Waals surface area contributed by atoms with E-state index in [4.69, 9.17) is 5.11 Å². The molecule has 1 aromatic carbocycles. The highest BCUT2D eigenvalue weighted by molar-refractivity contribution is 5.74. The van der Waals surface area contributed by atoms with Crippen LogP contribution in [-0.2, 0) is 4.79 Å². The lowest BCUT2D eigenvalue weighted by Crippen LogP contribution is -2.30. The van der Waals surface area contributed by atoms with E-state index in [2.05, 4.69) is 9.97 Å². The summed E-state index contributed by atoms with van der Waals surface area (Å²) < 4.78 is 0. The number of benzene rings is 1. The van der Waals surface area contributed by atoms with E-state index < -0.39 is 5.97 Å². The van der Waals surface area contributed by atoms with Crippen LogP contribution in [0, 0.1) is 0 Å². The van der Waals surface area contributed by atoms with Crippen molar-refractivity contribution in [2.45, 2.75) is 19.4 Å². The highest BCUT2D eigenvalue weighted by Crippen LogP contribution is 2.22. The van der Waals surface area contributed by atoms with Crippen LogP contribution in [0.15, 0.2) is 24.3 Å². The third kappa shape index (κ3) is 2.51. The van der Waals surface area contributed by atoms with E-state index >= 15 is 0 Å². The molecule has 0 amide bonds. The number of fused-ring (bicyclic) bond motifs is 1. The van der Waals surface area contributed by atoms with Gasteiger partial charge < -0.3 is 10.1 Å². The summed E-state index contributed by atoms with van der Waals surface area (Å²) in [5.41, 5.74) is 1.89. The van der Waals surface area contributed by atoms with Crippen molar-refractivity contribution in [1.29, 1.82) is 0 Å². The van der Waals surface area contributed by atoms with Gasteiger partial charge in [-0.15, -0.1) is 0 Å². The van der Waals surface area contributed by atoms with E-state index in [0.29, 0.717) is 0 Å². The van der Waals surface area contributed by atoms with Gasteiger partial charge in [0.15, 0.2) is 0 Å². The van der Waals surface area contributed by atoms with Gasteiger partial charge in [-0.3, -0.25) is 9.69 Å². The Bertz CT molecular complexity index is 517. The number of rotatable bonds is 5.